The first-order chi connectivity index (χ1) is 12.5. The quantitative estimate of drug-likeness (QED) is 0.461. The fourth-order valence-electron chi connectivity index (χ4n) is 2.90. The number of imide groups is 1. The van der Waals surface area contributed by atoms with Gasteiger partial charge in [0.05, 0.1) is 11.1 Å². The van der Waals surface area contributed by atoms with Gasteiger partial charge in [-0.15, -0.1) is 17.9 Å². The smallest absolute Gasteiger partial charge is 0.321 e. The Morgan fingerprint density at radius 3 is 2.92 bits per heavy atom. The summed E-state index contributed by atoms with van der Waals surface area (Å²) < 4.78 is 1.49. The zero-order valence-corrected chi connectivity index (χ0v) is 16.1. The molecule has 0 unspecified atom stereocenters. The number of carbonyl (C=O) groups excluding carboxylic acids is 2. The zero-order valence-electron chi connectivity index (χ0n) is 14.5. The summed E-state index contributed by atoms with van der Waals surface area (Å²) in [6.07, 6.45) is 5.71. The third kappa shape index (κ3) is 3.83. The lowest BCUT2D eigenvalue weighted by Gasteiger charge is -2.10. The third-order valence-electron chi connectivity index (χ3n) is 4.15. The molecule has 0 fully saturated rings. The number of hydrogen-bond acceptors (Lipinski definition) is 6. The lowest BCUT2D eigenvalue weighted by molar-refractivity contribution is -0.117. The van der Waals surface area contributed by atoms with Crippen molar-refractivity contribution >= 4 is 45.3 Å². The Kier molecular flexibility index (Phi) is 5.77. The summed E-state index contributed by atoms with van der Waals surface area (Å²) in [7, 11) is 1.67. The molecule has 0 bridgehead atoms. The fourth-order valence-corrected chi connectivity index (χ4v) is 4.97. The van der Waals surface area contributed by atoms with E-state index < -0.39 is 11.9 Å². The molecular weight excluding hydrogens is 372 g/mol. The van der Waals surface area contributed by atoms with Gasteiger partial charge in [0.15, 0.2) is 5.16 Å². The van der Waals surface area contributed by atoms with Gasteiger partial charge in [0.2, 0.25) is 5.91 Å². The molecule has 2 heterocycles. The van der Waals surface area contributed by atoms with Crippen LogP contribution in [0.25, 0.3) is 10.2 Å². The van der Waals surface area contributed by atoms with Crippen LogP contribution in [0, 0.1) is 0 Å². The summed E-state index contributed by atoms with van der Waals surface area (Å²) in [5, 5.41) is 5.89. The van der Waals surface area contributed by atoms with Gasteiger partial charge in [-0.25, -0.2) is 9.78 Å². The van der Waals surface area contributed by atoms with E-state index >= 15 is 0 Å². The molecule has 0 spiro atoms. The molecular formula is C17H20N4O3S2. The number of carbonyl (C=O) groups is 2. The van der Waals surface area contributed by atoms with Gasteiger partial charge < -0.3 is 5.32 Å². The summed E-state index contributed by atoms with van der Waals surface area (Å²) in [6.45, 7) is 3.76. The van der Waals surface area contributed by atoms with Gasteiger partial charge in [0.25, 0.3) is 5.56 Å². The van der Waals surface area contributed by atoms with Gasteiger partial charge in [-0.2, -0.15) is 0 Å². The van der Waals surface area contributed by atoms with E-state index in [4.69, 9.17) is 0 Å². The number of aromatic nitrogens is 2. The maximum Gasteiger partial charge on any atom is 0.321 e. The Balaban J connectivity index is 1.75. The molecule has 0 aliphatic heterocycles. The van der Waals surface area contributed by atoms with Crippen molar-refractivity contribution in [3.05, 3.63) is 33.4 Å². The second-order valence-corrected chi connectivity index (χ2v) is 8.01. The van der Waals surface area contributed by atoms with E-state index in [1.165, 1.54) is 15.5 Å². The maximum absolute atomic E-state index is 12.8. The lowest BCUT2D eigenvalue weighted by atomic mass is 9.97. The number of thioether (sulfide) groups is 1. The number of nitrogens with zero attached hydrogens (tertiary/aromatic N) is 2. The molecule has 0 saturated heterocycles. The number of amides is 3. The maximum atomic E-state index is 12.8. The fraction of sp³-hybridized carbons (Fsp3) is 0.412. The molecule has 1 aliphatic carbocycles. The van der Waals surface area contributed by atoms with E-state index in [1.807, 2.05) is 0 Å². The van der Waals surface area contributed by atoms with Crippen LogP contribution in [-0.4, -0.2) is 33.8 Å². The molecule has 0 saturated carbocycles. The first-order valence-corrected chi connectivity index (χ1v) is 10.1. The molecule has 2 N–H and O–H groups in total. The Morgan fingerprint density at radius 2 is 2.15 bits per heavy atom. The molecule has 2 aromatic rings. The molecule has 26 heavy (non-hydrogen) atoms. The van der Waals surface area contributed by atoms with Crippen LogP contribution in [0.4, 0.5) is 4.79 Å². The minimum absolute atomic E-state index is 0.00160. The standard InChI is InChI=1S/C17H20N4O3S2/c1-3-8-18-16(24)19-12(22)9-25-17-20-14-13(15(23)21(17)2)10-6-4-5-7-11(10)26-14/h3H,1,4-9H2,2H3,(H2,18,19,22,24). The van der Waals surface area contributed by atoms with Crippen molar-refractivity contribution in [2.24, 2.45) is 7.05 Å². The monoisotopic (exact) mass is 392 g/mol. The van der Waals surface area contributed by atoms with Crippen molar-refractivity contribution in [1.82, 2.24) is 20.2 Å². The predicted molar refractivity (Wildman–Crippen MR) is 104 cm³/mol. The summed E-state index contributed by atoms with van der Waals surface area (Å²) in [6, 6.07) is -0.571. The number of hydrogen-bond donors (Lipinski definition) is 2. The highest BCUT2D eigenvalue weighted by Crippen LogP contribution is 2.34. The Labute approximate surface area is 158 Å². The van der Waals surface area contributed by atoms with Crippen LogP contribution in [0.5, 0.6) is 0 Å². The number of fused-ring (bicyclic) bond motifs is 3. The molecule has 1 aliphatic rings. The summed E-state index contributed by atoms with van der Waals surface area (Å²) in [5.74, 6) is -0.449. The van der Waals surface area contributed by atoms with Gasteiger partial charge >= 0.3 is 6.03 Å². The van der Waals surface area contributed by atoms with Gasteiger partial charge in [-0.3, -0.25) is 19.5 Å². The van der Waals surface area contributed by atoms with Crippen molar-refractivity contribution in [2.75, 3.05) is 12.3 Å². The Morgan fingerprint density at radius 1 is 1.38 bits per heavy atom. The molecule has 3 amide bonds. The van der Waals surface area contributed by atoms with E-state index in [0.29, 0.717) is 5.16 Å². The van der Waals surface area contributed by atoms with Crippen molar-refractivity contribution < 1.29 is 9.59 Å². The van der Waals surface area contributed by atoms with E-state index in [0.717, 1.165) is 53.2 Å². The van der Waals surface area contributed by atoms with E-state index in [1.54, 1.807) is 18.4 Å². The number of nitrogens with one attached hydrogen (secondary N) is 2. The highest BCUT2D eigenvalue weighted by atomic mass is 32.2. The van der Waals surface area contributed by atoms with Crippen LogP contribution in [0.3, 0.4) is 0 Å². The van der Waals surface area contributed by atoms with Gasteiger partial charge in [-0.1, -0.05) is 17.8 Å². The third-order valence-corrected chi connectivity index (χ3v) is 6.36. The Hall–Kier alpha value is -2.13. The van der Waals surface area contributed by atoms with Crippen molar-refractivity contribution in [2.45, 2.75) is 30.8 Å². The first kappa shape index (κ1) is 18.7. The highest BCUT2D eigenvalue weighted by Gasteiger charge is 2.21. The van der Waals surface area contributed by atoms with E-state index in [2.05, 4.69) is 22.2 Å². The summed E-state index contributed by atoms with van der Waals surface area (Å²) >= 11 is 2.72. The van der Waals surface area contributed by atoms with Crippen LogP contribution < -0.4 is 16.2 Å². The second-order valence-electron chi connectivity index (χ2n) is 5.99. The lowest BCUT2D eigenvalue weighted by Crippen LogP contribution is -2.40. The number of urea groups is 1. The van der Waals surface area contributed by atoms with E-state index in [9.17, 15) is 14.4 Å². The number of thiophene rings is 1. The van der Waals surface area contributed by atoms with Crippen LogP contribution in [0.15, 0.2) is 22.6 Å². The highest BCUT2D eigenvalue weighted by molar-refractivity contribution is 7.99. The largest absolute Gasteiger partial charge is 0.334 e. The number of aryl methyl sites for hydroxylation is 2. The molecule has 3 rings (SSSR count). The normalized spacial score (nSPS) is 13.3. The van der Waals surface area contributed by atoms with Crippen molar-refractivity contribution in [3.63, 3.8) is 0 Å². The SMILES string of the molecule is C=CCNC(=O)NC(=O)CSc1nc2sc3c(c2c(=O)n1C)CCCC3. The van der Waals surface area contributed by atoms with Gasteiger partial charge in [0.1, 0.15) is 4.83 Å². The number of rotatable bonds is 5. The van der Waals surface area contributed by atoms with Crippen LogP contribution in [-0.2, 0) is 24.7 Å². The van der Waals surface area contributed by atoms with Gasteiger partial charge in [0, 0.05) is 18.5 Å². The van der Waals surface area contributed by atoms with Crippen molar-refractivity contribution in [3.8, 4) is 0 Å². The van der Waals surface area contributed by atoms with Crippen LogP contribution in [0.1, 0.15) is 23.3 Å². The van der Waals surface area contributed by atoms with Gasteiger partial charge in [-0.05, 0) is 31.2 Å². The second kappa shape index (κ2) is 8.05. The molecule has 0 aromatic carbocycles. The molecule has 9 heteroatoms. The van der Waals surface area contributed by atoms with Crippen LogP contribution in [0.2, 0.25) is 0 Å². The topological polar surface area (TPSA) is 93.1 Å². The average Bonchev–Trinajstić information content (AvgIpc) is 3.00. The zero-order chi connectivity index (χ0) is 18.7. The van der Waals surface area contributed by atoms with Crippen molar-refractivity contribution in [1.29, 1.82) is 0 Å². The molecule has 0 radical (unpaired) electrons. The molecule has 2 aromatic heterocycles. The molecule has 0 atom stereocenters. The van der Waals surface area contributed by atoms with Crippen LogP contribution >= 0.6 is 23.1 Å². The minimum atomic E-state index is -0.571. The first-order valence-electron chi connectivity index (χ1n) is 8.34. The molecule has 7 nitrogen and oxygen atoms in total. The average molecular weight is 393 g/mol. The predicted octanol–water partition coefficient (Wildman–Crippen LogP) is 1.98. The molecule has 138 valence electrons. The summed E-state index contributed by atoms with van der Waals surface area (Å²) in [5.41, 5.74) is 1.08. The minimum Gasteiger partial charge on any atom is -0.334 e. The summed E-state index contributed by atoms with van der Waals surface area (Å²) in [4.78, 5) is 42.7. The Bertz CT molecular complexity index is 932. The van der Waals surface area contributed by atoms with E-state index in [-0.39, 0.29) is 17.9 Å².